The number of amides is 1. The van der Waals surface area contributed by atoms with Crippen molar-refractivity contribution >= 4 is 11.9 Å². The van der Waals surface area contributed by atoms with Crippen molar-refractivity contribution < 1.29 is 19.4 Å². The third-order valence-electron chi connectivity index (χ3n) is 3.50. The largest absolute Gasteiger partial charge is 0.481 e. The maximum Gasteiger partial charge on any atom is 0.305 e. The van der Waals surface area contributed by atoms with Gasteiger partial charge in [0, 0.05) is 25.7 Å². The van der Waals surface area contributed by atoms with Crippen molar-refractivity contribution in [2.24, 2.45) is 0 Å². The highest BCUT2D eigenvalue weighted by atomic mass is 16.5. The molecule has 2 saturated heterocycles. The fourth-order valence-electron chi connectivity index (χ4n) is 2.66. The number of rotatable bonds is 3. The molecule has 6 heteroatoms. The van der Waals surface area contributed by atoms with Gasteiger partial charge in [0.2, 0.25) is 5.91 Å². The number of carbonyl (C=O) groups is 2. The van der Waals surface area contributed by atoms with Gasteiger partial charge in [0.15, 0.2) is 0 Å². The molecule has 2 fully saturated rings. The molecule has 2 aliphatic heterocycles. The fraction of sp³-hybridized carbons (Fsp3) is 0.818. The number of piperazine rings is 1. The van der Waals surface area contributed by atoms with Crippen LogP contribution in [0.4, 0.5) is 0 Å². The predicted molar refractivity (Wildman–Crippen MR) is 59.6 cm³/mol. The summed E-state index contributed by atoms with van der Waals surface area (Å²) in [4.78, 5) is 24.6. The molecule has 0 saturated carbocycles. The van der Waals surface area contributed by atoms with E-state index in [1.165, 1.54) is 0 Å². The molecule has 0 aromatic heterocycles. The number of carbonyl (C=O) groups excluding carboxylic acids is 1. The number of aliphatic carboxylic acids is 1. The molecule has 0 radical (unpaired) electrons. The summed E-state index contributed by atoms with van der Waals surface area (Å²) in [6, 6.07) is -0.402. The first-order valence-corrected chi connectivity index (χ1v) is 5.96. The molecule has 2 aliphatic rings. The number of ether oxygens (including phenoxy) is 1. The zero-order valence-corrected chi connectivity index (χ0v) is 9.89. The van der Waals surface area contributed by atoms with E-state index >= 15 is 0 Å². The molecule has 0 aromatic rings. The van der Waals surface area contributed by atoms with Crippen LogP contribution in [0.15, 0.2) is 0 Å². The Morgan fingerprint density at radius 3 is 3.00 bits per heavy atom. The van der Waals surface area contributed by atoms with Gasteiger partial charge in [-0.15, -0.1) is 0 Å². The molecule has 0 bridgehead atoms. The van der Waals surface area contributed by atoms with Gasteiger partial charge in [0.1, 0.15) is 6.04 Å². The molecule has 1 amide bonds. The average molecular weight is 242 g/mol. The third-order valence-corrected chi connectivity index (χ3v) is 3.50. The standard InChI is InChI=1S/C11H18N2O4/c1-7-8(2-5-17-7)13-4-3-12-11(16)9(13)6-10(14)15/h7-9H,2-6H2,1H3,(H,12,16)(H,14,15). The first kappa shape index (κ1) is 12.3. The minimum Gasteiger partial charge on any atom is -0.481 e. The molecule has 0 spiro atoms. The number of hydrogen-bond acceptors (Lipinski definition) is 4. The number of nitrogens with one attached hydrogen (secondary N) is 1. The van der Waals surface area contributed by atoms with Gasteiger partial charge in [-0.25, -0.2) is 0 Å². The Bertz CT molecular complexity index is 321. The van der Waals surface area contributed by atoms with E-state index in [1.807, 2.05) is 11.8 Å². The summed E-state index contributed by atoms with van der Waals surface area (Å²) in [5, 5.41) is 11.6. The highest BCUT2D eigenvalue weighted by molar-refractivity contribution is 5.86. The van der Waals surface area contributed by atoms with Crippen LogP contribution in [0.25, 0.3) is 0 Å². The van der Waals surface area contributed by atoms with Crippen LogP contribution in [0.1, 0.15) is 19.8 Å². The van der Waals surface area contributed by atoms with E-state index in [4.69, 9.17) is 9.84 Å². The van der Waals surface area contributed by atoms with Crippen LogP contribution >= 0.6 is 0 Å². The number of hydrogen-bond donors (Lipinski definition) is 2. The zero-order chi connectivity index (χ0) is 12.4. The molecule has 17 heavy (non-hydrogen) atoms. The topological polar surface area (TPSA) is 78.9 Å². The average Bonchev–Trinajstić information content (AvgIpc) is 2.67. The van der Waals surface area contributed by atoms with Gasteiger partial charge in [0.05, 0.1) is 12.5 Å². The monoisotopic (exact) mass is 242 g/mol. The molecule has 2 N–H and O–H groups in total. The van der Waals surface area contributed by atoms with Gasteiger partial charge in [-0.2, -0.15) is 0 Å². The van der Waals surface area contributed by atoms with E-state index in [0.29, 0.717) is 19.7 Å². The van der Waals surface area contributed by atoms with E-state index < -0.39 is 12.0 Å². The highest BCUT2D eigenvalue weighted by Crippen LogP contribution is 2.23. The Balaban J connectivity index is 2.11. The van der Waals surface area contributed by atoms with Crippen LogP contribution in [0.3, 0.4) is 0 Å². The maximum absolute atomic E-state index is 11.7. The Labute approximate surface area is 99.9 Å². The van der Waals surface area contributed by atoms with Gasteiger partial charge >= 0.3 is 5.97 Å². The van der Waals surface area contributed by atoms with E-state index in [1.54, 1.807) is 0 Å². The van der Waals surface area contributed by atoms with E-state index in [2.05, 4.69) is 5.32 Å². The summed E-state index contributed by atoms with van der Waals surface area (Å²) in [5.41, 5.74) is 0. The Kier molecular flexibility index (Phi) is 3.63. The molecule has 96 valence electrons. The first-order valence-electron chi connectivity index (χ1n) is 5.96. The van der Waals surface area contributed by atoms with Crippen molar-refractivity contribution in [1.82, 2.24) is 10.2 Å². The van der Waals surface area contributed by atoms with Gasteiger partial charge in [-0.05, 0) is 13.3 Å². The Morgan fingerprint density at radius 1 is 1.65 bits per heavy atom. The molecule has 3 unspecified atom stereocenters. The maximum atomic E-state index is 11.7. The third kappa shape index (κ3) is 2.58. The van der Waals surface area contributed by atoms with Crippen molar-refractivity contribution in [3.05, 3.63) is 0 Å². The second-order valence-corrected chi connectivity index (χ2v) is 4.57. The van der Waals surface area contributed by atoms with Crippen LogP contribution < -0.4 is 5.32 Å². The number of carboxylic acids is 1. The lowest BCUT2D eigenvalue weighted by atomic mass is 10.0. The zero-order valence-electron chi connectivity index (χ0n) is 9.89. The molecule has 0 aliphatic carbocycles. The second-order valence-electron chi connectivity index (χ2n) is 4.57. The molecule has 6 nitrogen and oxygen atoms in total. The molecule has 0 aromatic carbocycles. The van der Waals surface area contributed by atoms with Crippen LogP contribution in [-0.2, 0) is 14.3 Å². The molecule has 3 atom stereocenters. The van der Waals surface area contributed by atoms with Gasteiger partial charge < -0.3 is 15.2 Å². The van der Waals surface area contributed by atoms with E-state index in [9.17, 15) is 9.59 Å². The quantitative estimate of drug-likeness (QED) is 0.693. The highest BCUT2D eigenvalue weighted by Gasteiger charge is 2.39. The lowest BCUT2D eigenvalue weighted by Crippen LogP contribution is -2.60. The molecular weight excluding hydrogens is 224 g/mol. The van der Waals surface area contributed by atoms with Crippen molar-refractivity contribution in [1.29, 1.82) is 0 Å². The van der Waals surface area contributed by atoms with E-state index in [-0.39, 0.29) is 24.5 Å². The lowest BCUT2D eigenvalue weighted by Gasteiger charge is -2.39. The van der Waals surface area contributed by atoms with Crippen LogP contribution in [0, 0.1) is 0 Å². The first-order chi connectivity index (χ1) is 8.09. The van der Waals surface area contributed by atoms with E-state index in [0.717, 1.165) is 6.42 Å². The van der Waals surface area contributed by atoms with Gasteiger partial charge in [0.25, 0.3) is 0 Å². The second kappa shape index (κ2) is 5.01. The number of carboxylic acid groups (broad SMARTS) is 1. The van der Waals surface area contributed by atoms with Gasteiger partial charge in [-0.3, -0.25) is 14.5 Å². The summed E-state index contributed by atoms with van der Waals surface area (Å²) in [6.45, 7) is 3.94. The Hall–Kier alpha value is -1.14. The van der Waals surface area contributed by atoms with Crippen molar-refractivity contribution in [2.75, 3.05) is 19.7 Å². The van der Waals surface area contributed by atoms with Crippen LogP contribution in [0.5, 0.6) is 0 Å². The molecule has 2 heterocycles. The minimum absolute atomic E-state index is 0.0668. The van der Waals surface area contributed by atoms with Gasteiger partial charge in [-0.1, -0.05) is 0 Å². The summed E-state index contributed by atoms with van der Waals surface area (Å²) in [6.07, 6.45) is 0.789. The minimum atomic E-state index is -0.941. The summed E-state index contributed by atoms with van der Waals surface area (Å²) in [5.74, 6) is -1.12. The van der Waals surface area contributed by atoms with Crippen LogP contribution in [-0.4, -0.2) is 59.8 Å². The van der Waals surface area contributed by atoms with Crippen molar-refractivity contribution in [3.63, 3.8) is 0 Å². The lowest BCUT2D eigenvalue weighted by molar-refractivity contribution is -0.144. The Morgan fingerprint density at radius 2 is 2.41 bits per heavy atom. The smallest absolute Gasteiger partial charge is 0.305 e. The normalized spacial score (nSPS) is 34.6. The summed E-state index contributed by atoms with van der Waals surface area (Å²) in [7, 11) is 0. The summed E-state index contributed by atoms with van der Waals surface area (Å²) >= 11 is 0. The SMILES string of the molecule is CC1OCCC1N1CCNC(=O)C1CC(=O)O. The number of nitrogens with zero attached hydrogens (tertiary/aromatic N) is 1. The van der Waals surface area contributed by atoms with Crippen molar-refractivity contribution in [3.8, 4) is 0 Å². The molecular formula is C11H18N2O4. The van der Waals surface area contributed by atoms with Crippen molar-refractivity contribution in [2.45, 2.75) is 38.0 Å². The molecule has 2 rings (SSSR count). The fourth-order valence-corrected chi connectivity index (χ4v) is 2.66. The van der Waals surface area contributed by atoms with Crippen LogP contribution in [0.2, 0.25) is 0 Å². The predicted octanol–water partition coefficient (Wildman–Crippen LogP) is -0.561. The summed E-state index contributed by atoms with van der Waals surface area (Å²) < 4.78 is 5.49.